The maximum atomic E-state index is 13.1. The third-order valence-corrected chi connectivity index (χ3v) is 5.89. The van der Waals surface area contributed by atoms with E-state index in [0.29, 0.717) is 23.4 Å². The minimum absolute atomic E-state index is 0.0646. The van der Waals surface area contributed by atoms with Gasteiger partial charge in [-0.15, -0.1) is 10.2 Å². The number of aryl methyl sites for hydroxylation is 2. The SMILES string of the molecule is Cc1[nH]n(-c2ccc3c(c2)CCCC3=O)c(=O)c1N=Nc1cccc(-c2ccc(C(=O)O)o2)c1O. The highest BCUT2D eigenvalue weighted by Gasteiger charge is 2.20. The number of phenolic OH excluding ortho intramolecular Hbond substituents is 1. The first-order chi connectivity index (χ1) is 16.8. The quantitative estimate of drug-likeness (QED) is 0.345. The average molecular weight is 472 g/mol. The molecule has 10 nitrogen and oxygen atoms in total. The first-order valence-corrected chi connectivity index (χ1v) is 10.9. The lowest BCUT2D eigenvalue weighted by Gasteiger charge is -2.15. The minimum atomic E-state index is -1.23. The van der Waals surface area contributed by atoms with Gasteiger partial charge in [-0.25, -0.2) is 9.48 Å². The van der Waals surface area contributed by atoms with E-state index < -0.39 is 11.5 Å². The molecule has 0 spiro atoms. The number of carbonyl (C=O) groups is 2. The summed E-state index contributed by atoms with van der Waals surface area (Å²) in [6.07, 6.45) is 2.09. The molecule has 1 aliphatic rings. The van der Waals surface area contributed by atoms with Crippen LogP contribution in [0.2, 0.25) is 0 Å². The molecule has 0 aliphatic heterocycles. The number of carbonyl (C=O) groups excluding carboxylic acids is 1. The van der Waals surface area contributed by atoms with E-state index in [0.717, 1.165) is 18.4 Å². The zero-order valence-corrected chi connectivity index (χ0v) is 18.6. The summed E-state index contributed by atoms with van der Waals surface area (Å²) in [5, 5.41) is 30.8. The molecule has 3 N–H and O–H groups in total. The number of benzene rings is 2. The van der Waals surface area contributed by atoms with E-state index in [1.165, 1.54) is 22.9 Å². The predicted molar refractivity (Wildman–Crippen MR) is 125 cm³/mol. The van der Waals surface area contributed by atoms with Crippen LogP contribution in [-0.2, 0) is 6.42 Å². The second kappa shape index (κ2) is 8.56. The molecule has 0 saturated carbocycles. The Morgan fingerprint density at radius 2 is 1.89 bits per heavy atom. The van der Waals surface area contributed by atoms with Gasteiger partial charge in [0.2, 0.25) is 5.76 Å². The van der Waals surface area contributed by atoms with Crippen molar-refractivity contribution in [2.24, 2.45) is 10.2 Å². The molecule has 0 atom stereocenters. The van der Waals surface area contributed by atoms with Crippen molar-refractivity contribution in [2.75, 3.05) is 0 Å². The number of hydrogen-bond donors (Lipinski definition) is 3. The second-order valence-corrected chi connectivity index (χ2v) is 8.19. The molecule has 0 radical (unpaired) electrons. The number of furan rings is 1. The number of phenols is 1. The number of hydrogen-bond acceptors (Lipinski definition) is 7. The van der Waals surface area contributed by atoms with Gasteiger partial charge in [0.05, 0.1) is 16.9 Å². The summed E-state index contributed by atoms with van der Waals surface area (Å²) >= 11 is 0. The number of para-hydroxylation sites is 1. The van der Waals surface area contributed by atoms with Crippen LogP contribution in [0.15, 0.2) is 68.0 Å². The largest absolute Gasteiger partial charge is 0.505 e. The van der Waals surface area contributed by atoms with E-state index in [1.807, 2.05) is 6.07 Å². The number of azo groups is 1. The van der Waals surface area contributed by atoms with Crippen LogP contribution in [0.3, 0.4) is 0 Å². The Kier molecular flexibility index (Phi) is 5.40. The Morgan fingerprint density at radius 3 is 2.66 bits per heavy atom. The number of aromatic amines is 1. The Balaban J connectivity index is 1.47. The van der Waals surface area contributed by atoms with Gasteiger partial charge in [-0.1, -0.05) is 6.07 Å². The van der Waals surface area contributed by atoms with Crippen LogP contribution in [-0.4, -0.2) is 31.7 Å². The molecule has 0 bridgehead atoms. The molecule has 4 aromatic rings. The van der Waals surface area contributed by atoms with Crippen molar-refractivity contribution < 1.29 is 24.2 Å². The van der Waals surface area contributed by atoms with E-state index in [2.05, 4.69) is 15.3 Å². The minimum Gasteiger partial charge on any atom is -0.505 e. The monoisotopic (exact) mass is 472 g/mol. The number of nitrogens with zero attached hydrogens (tertiary/aromatic N) is 3. The van der Waals surface area contributed by atoms with E-state index in [1.54, 1.807) is 31.2 Å². The molecule has 0 amide bonds. The molecular formula is C25H20N4O6. The molecule has 2 aromatic heterocycles. The van der Waals surface area contributed by atoms with E-state index >= 15 is 0 Å². The topological polar surface area (TPSA) is 150 Å². The number of fused-ring (bicyclic) bond motifs is 1. The average Bonchev–Trinajstić information content (AvgIpc) is 3.44. The van der Waals surface area contributed by atoms with E-state index in [-0.39, 0.29) is 40.0 Å². The number of nitrogens with one attached hydrogen (secondary N) is 1. The fraction of sp³-hybridized carbons (Fsp3) is 0.160. The molecule has 2 aromatic carbocycles. The van der Waals surface area contributed by atoms with Gasteiger partial charge in [-0.3, -0.25) is 14.7 Å². The molecule has 10 heteroatoms. The number of aromatic nitrogens is 2. The molecule has 1 aliphatic carbocycles. The smallest absolute Gasteiger partial charge is 0.371 e. The van der Waals surface area contributed by atoms with E-state index in [9.17, 15) is 19.5 Å². The lowest BCUT2D eigenvalue weighted by molar-refractivity contribution is 0.0663. The van der Waals surface area contributed by atoms with Crippen LogP contribution in [0, 0.1) is 6.92 Å². The normalized spacial score (nSPS) is 13.3. The van der Waals surface area contributed by atoms with Gasteiger partial charge in [0.1, 0.15) is 11.4 Å². The summed E-state index contributed by atoms with van der Waals surface area (Å²) in [5.74, 6) is -1.49. The van der Waals surface area contributed by atoms with Crippen LogP contribution in [0.1, 0.15) is 45.0 Å². The fourth-order valence-electron chi connectivity index (χ4n) is 4.12. The molecule has 35 heavy (non-hydrogen) atoms. The van der Waals surface area contributed by atoms with Crippen LogP contribution < -0.4 is 5.56 Å². The maximum Gasteiger partial charge on any atom is 0.371 e. The number of Topliss-reactive ketones (excluding diaryl/α,β-unsaturated/α-hetero) is 1. The summed E-state index contributed by atoms with van der Waals surface area (Å²) in [6.45, 7) is 1.68. The van der Waals surface area contributed by atoms with Crippen molar-refractivity contribution in [3.63, 3.8) is 0 Å². The molecule has 0 unspecified atom stereocenters. The van der Waals surface area contributed by atoms with Crippen LogP contribution in [0.4, 0.5) is 11.4 Å². The molecule has 2 heterocycles. The molecule has 176 valence electrons. The summed E-state index contributed by atoms with van der Waals surface area (Å²) < 4.78 is 6.60. The predicted octanol–water partition coefficient (Wildman–Crippen LogP) is 5.07. The standard InChI is InChI=1S/C25H20N4O6/c1-13-22(24(32)29(28-13)15-8-9-16-14(12-15)4-2-7-19(16)30)27-26-18-6-3-5-17(23(18)31)20-10-11-21(35-20)25(33)34/h3,5-6,8-12,28,31H,2,4,7H2,1H3,(H,33,34). The van der Waals surface area contributed by atoms with E-state index in [4.69, 9.17) is 9.52 Å². The first kappa shape index (κ1) is 22.1. The van der Waals surface area contributed by atoms with Gasteiger partial charge in [-0.05, 0) is 67.8 Å². The molecule has 5 rings (SSSR count). The summed E-state index contributed by atoms with van der Waals surface area (Å²) in [5.41, 5.74) is 2.61. The Labute approximate surface area is 198 Å². The van der Waals surface area contributed by atoms with Crippen molar-refractivity contribution in [3.8, 4) is 22.8 Å². The highest BCUT2D eigenvalue weighted by atomic mass is 16.4. The highest BCUT2D eigenvalue weighted by molar-refractivity contribution is 5.98. The third-order valence-electron chi connectivity index (χ3n) is 5.89. The van der Waals surface area contributed by atoms with Crippen LogP contribution in [0.25, 0.3) is 17.0 Å². The van der Waals surface area contributed by atoms with Crippen LogP contribution >= 0.6 is 0 Å². The molecule has 0 fully saturated rings. The van der Waals surface area contributed by atoms with Crippen molar-refractivity contribution >= 4 is 23.1 Å². The molecule has 0 saturated heterocycles. The Hall–Kier alpha value is -4.73. The first-order valence-electron chi connectivity index (χ1n) is 10.9. The lowest BCUT2D eigenvalue weighted by atomic mass is 9.90. The number of aromatic hydroxyl groups is 1. The maximum absolute atomic E-state index is 13.1. The summed E-state index contributed by atoms with van der Waals surface area (Å²) in [6, 6.07) is 12.7. The third kappa shape index (κ3) is 3.95. The lowest BCUT2D eigenvalue weighted by Crippen LogP contribution is -2.16. The van der Waals surface area contributed by atoms with Crippen molar-refractivity contribution in [3.05, 3.63) is 81.5 Å². The van der Waals surface area contributed by atoms with Gasteiger partial charge in [0, 0.05) is 12.0 Å². The van der Waals surface area contributed by atoms with Crippen molar-refractivity contribution in [2.45, 2.75) is 26.2 Å². The zero-order chi connectivity index (χ0) is 24.7. The number of carboxylic acid groups (broad SMARTS) is 1. The Bertz CT molecular complexity index is 1570. The van der Waals surface area contributed by atoms with Gasteiger partial charge >= 0.3 is 5.97 Å². The highest BCUT2D eigenvalue weighted by Crippen LogP contribution is 2.38. The second-order valence-electron chi connectivity index (χ2n) is 8.19. The number of ketones is 1. The van der Waals surface area contributed by atoms with Gasteiger partial charge in [0.25, 0.3) is 5.56 Å². The van der Waals surface area contributed by atoms with Crippen molar-refractivity contribution in [1.82, 2.24) is 9.78 Å². The summed E-state index contributed by atoms with van der Waals surface area (Å²) in [7, 11) is 0. The number of aromatic carboxylic acids is 1. The zero-order valence-electron chi connectivity index (χ0n) is 18.6. The number of carboxylic acids is 1. The molecular weight excluding hydrogens is 452 g/mol. The Morgan fingerprint density at radius 1 is 1.06 bits per heavy atom. The van der Waals surface area contributed by atoms with Gasteiger partial charge in [-0.2, -0.15) is 0 Å². The van der Waals surface area contributed by atoms with Crippen LogP contribution in [0.5, 0.6) is 5.75 Å². The summed E-state index contributed by atoms with van der Waals surface area (Å²) in [4.78, 5) is 36.2. The fourth-order valence-corrected chi connectivity index (χ4v) is 4.12. The van der Waals surface area contributed by atoms with Gasteiger partial charge in [0.15, 0.2) is 17.2 Å². The number of rotatable bonds is 5. The van der Waals surface area contributed by atoms with Crippen molar-refractivity contribution in [1.29, 1.82) is 0 Å². The number of H-pyrrole nitrogens is 1. The van der Waals surface area contributed by atoms with Gasteiger partial charge < -0.3 is 14.6 Å².